The SMILES string of the molecule is FC1CC[N-]C1.[K+]. The summed E-state index contributed by atoms with van der Waals surface area (Å²) < 4.78 is 11.8. The Labute approximate surface area is 85.5 Å². The van der Waals surface area contributed by atoms with Crippen molar-refractivity contribution in [1.82, 2.24) is 0 Å². The van der Waals surface area contributed by atoms with Crippen molar-refractivity contribution >= 4 is 0 Å². The smallest absolute Gasteiger partial charge is 0.660 e. The van der Waals surface area contributed by atoms with E-state index in [1.165, 1.54) is 0 Å². The van der Waals surface area contributed by atoms with Crippen LogP contribution in [-0.4, -0.2) is 19.3 Å². The first-order valence-corrected chi connectivity index (χ1v) is 2.17. The molecule has 3 heteroatoms. The molecular formula is C4H7FKN. The summed E-state index contributed by atoms with van der Waals surface area (Å²) in [5.41, 5.74) is 0. The molecule has 0 aromatic carbocycles. The zero-order chi connectivity index (χ0) is 4.41. The van der Waals surface area contributed by atoms with Crippen LogP contribution in [0.15, 0.2) is 0 Å². The van der Waals surface area contributed by atoms with E-state index in [9.17, 15) is 4.39 Å². The Kier molecular flexibility index (Phi) is 5.37. The fraction of sp³-hybridized carbons (Fsp3) is 1.00. The van der Waals surface area contributed by atoms with Crippen LogP contribution in [0.5, 0.6) is 0 Å². The Morgan fingerprint density at radius 3 is 2.43 bits per heavy atom. The van der Waals surface area contributed by atoms with Gasteiger partial charge in [0.2, 0.25) is 0 Å². The number of hydrogen-bond acceptors (Lipinski definition) is 0. The Balaban J connectivity index is 0.000000360. The van der Waals surface area contributed by atoms with E-state index in [0.29, 0.717) is 13.0 Å². The number of halogens is 1. The van der Waals surface area contributed by atoms with Crippen molar-refractivity contribution in [2.24, 2.45) is 0 Å². The molecule has 0 aliphatic carbocycles. The molecule has 0 saturated carbocycles. The van der Waals surface area contributed by atoms with E-state index in [0.717, 1.165) is 6.54 Å². The van der Waals surface area contributed by atoms with Crippen molar-refractivity contribution in [2.75, 3.05) is 13.1 Å². The molecule has 0 aromatic heterocycles. The average Bonchev–Trinajstić information content (AvgIpc) is 1.86. The van der Waals surface area contributed by atoms with Gasteiger partial charge in [0.1, 0.15) is 0 Å². The van der Waals surface area contributed by atoms with E-state index < -0.39 is 6.17 Å². The third-order valence-electron chi connectivity index (χ3n) is 0.928. The van der Waals surface area contributed by atoms with Crippen molar-refractivity contribution in [2.45, 2.75) is 12.6 Å². The minimum atomic E-state index is -0.620. The Bertz CT molecular complexity index is 45.0. The van der Waals surface area contributed by atoms with Crippen molar-refractivity contribution in [3.8, 4) is 0 Å². The zero-order valence-corrected chi connectivity index (χ0v) is 7.65. The van der Waals surface area contributed by atoms with Crippen molar-refractivity contribution in [1.29, 1.82) is 0 Å². The molecule has 1 fully saturated rings. The van der Waals surface area contributed by atoms with Crippen molar-refractivity contribution in [3.05, 3.63) is 5.32 Å². The third-order valence-corrected chi connectivity index (χ3v) is 0.928. The van der Waals surface area contributed by atoms with E-state index in [2.05, 4.69) is 5.32 Å². The van der Waals surface area contributed by atoms with Gasteiger partial charge in [0, 0.05) is 0 Å². The van der Waals surface area contributed by atoms with E-state index in [1.807, 2.05) is 0 Å². The van der Waals surface area contributed by atoms with Gasteiger partial charge in [-0.3, -0.25) is 0 Å². The van der Waals surface area contributed by atoms with Gasteiger partial charge in [-0.2, -0.15) is 0 Å². The molecule has 0 amide bonds. The second kappa shape index (κ2) is 4.41. The minimum Gasteiger partial charge on any atom is -0.660 e. The van der Waals surface area contributed by atoms with E-state index in [4.69, 9.17) is 0 Å². The van der Waals surface area contributed by atoms with Crippen LogP contribution in [0, 0.1) is 0 Å². The van der Waals surface area contributed by atoms with Gasteiger partial charge in [0.05, 0.1) is 6.17 Å². The molecule has 0 spiro atoms. The minimum absolute atomic E-state index is 0. The molecule has 0 bridgehead atoms. The van der Waals surface area contributed by atoms with Crippen LogP contribution < -0.4 is 51.4 Å². The molecule has 0 aromatic rings. The maximum Gasteiger partial charge on any atom is 1.00 e. The molecular weight excluding hydrogens is 120 g/mol. The molecule has 0 N–H and O–H groups in total. The van der Waals surface area contributed by atoms with Crippen LogP contribution in [0.2, 0.25) is 0 Å². The maximum absolute atomic E-state index is 11.8. The summed E-state index contributed by atoms with van der Waals surface area (Å²) in [6.45, 7) is 1.18. The Hall–Kier alpha value is 1.53. The molecule has 1 unspecified atom stereocenters. The van der Waals surface area contributed by atoms with Gasteiger partial charge in [-0.25, -0.2) is 4.39 Å². The molecule has 7 heavy (non-hydrogen) atoms. The van der Waals surface area contributed by atoms with Crippen LogP contribution in [0.3, 0.4) is 0 Å². The summed E-state index contributed by atoms with van der Waals surface area (Å²) in [5.74, 6) is 0. The molecule has 1 nitrogen and oxygen atoms in total. The predicted octanol–water partition coefficient (Wildman–Crippen LogP) is -1.89. The van der Waals surface area contributed by atoms with Crippen LogP contribution in [0.4, 0.5) is 4.39 Å². The molecule has 1 heterocycles. The summed E-state index contributed by atoms with van der Waals surface area (Å²) in [7, 11) is 0. The van der Waals surface area contributed by atoms with Gasteiger partial charge >= 0.3 is 51.4 Å². The van der Waals surface area contributed by atoms with Gasteiger partial charge in [-0.15, -0.1) is 13.1 Å². The predicted molar refractivity (Wildman–Crippen MR) is 22.6 cm³/mol. The summed E-state index contributed by atoms with van der Waals surface area (Å²) in [5, 5.41) is 3.79. The molecule has 1 aliphatic rings. The first-order valence-electron chi connectivity index (χ1n) is 2.17. The normalized spacial score (nSPS) is 29.6. The Morgan fingerprint density at radius 2 is 2.29 bits per heavy atom. The first-order chi connectivity index (χ1) is 2.89. The van der Waals surface area contributed by atoms with E-state index >= 15 is 0 Å². The summed E-state index contributed by atoms with van der Waals surface area (Å²) in [4.78, 5) is 0. The van der Waals surface area contributed by atoms with Crippen LogP contribution in [0.1, 0.15) is 6.42 Å². The summed E-state index contributed by atoms with van der Waals surface area (Å²) in [6.07, 6.45) is 0.0324. The number of alkyl halides is 1. The average molecular weight is 127 g/mol. The fourth-order valence-corrected chi connectivity index (χ4v) is 0.554. The number of hydrogen-bond donors (Lipinski definition) is 0. The van der Waals surface area contributed by atoms with Gasteiger partial charge < -0.3 is 5.32 Å². The molecule has 36 valence electrons. The monoisotopic (exact) mass is 127 g/mol. The molecule has 1 aliphatic heterocycles. The molecule has 1 saturated heterocycles. The largest absolute Gasteiger partial charge is 1.00 e. The van der Waals surface area contributed by atoms with Gasteiger partial charge in [-0.05, 0) is 6.42 Å². The van der Waals surface area contributed by atoms with Gasteiger partial charge in [-0.1, -0.05) is 0 Å². The quantitative estimate of drug-likeness (QED) is 0.338. The van der Waals surface area contributed by atoms with E-state index in [-0.39, 0.29) is 51.4 Å². The topological polar surface area (TPSA) is 14.1 Å². The maximum atomic E-state index is 11.8. The second-order valence-electron chi connectivity index (χ2n) is 1.52. The molecule has 1 atom stereocenters. The fourth-order valence-electron chi connectivity index (χ4n) is 0.554. The van der Waals surface area contributed by atoms with Gasteiger partial charge in [0.25, 0.3) is 0 Å². The van der Waals surface area contributed by atoms with Crippen molar-refractivity contribution in [3.63, 3.8) is 0 Å². The van der Waals surface area contributed by atoms with Crippen molar-refractivity contribution < 1.29 is 55.8 Å². The molecule has 1 rings (SSSR count). The summed E-state index contributed by atoms with van der Waals surface area (Å²) in [6, 6.07) is 0. The Morgan fingerprint density at radius 1 is 1.57 bits per heavy atom. The second-order valence-corrected chi connectivity index (χ2v) is 1.52. The summed E-state index contributed by atoms with van der Waals surface area (Å²) >= 11 is 0. The van der Waals surface area contributed by atoms with Crippen LogP contribution >= 0.6 is 0 Å². The molecule has 0 radical (unpaired) electrons. The standard InChI is InChI=1S/C4H7FN.K/c5-4-1-2-6-3-4;/h4H,1-3H2;/q-1;+1. The number of rotatable bonds is 0. The first kappa shape index (κ1) is 8.53. The van der Waals surface area contributed by atoms with Crippen LogP contribution in [0.25, 0.3) is 5.32 Å². The number of nitrogens with zero attached hydrogens (tertiary/aromatic N) is 1. The van der Waals surface area contributed by atoms with E-state index in [1.54, 1.807) is 0 Å². The van der Waals surface area contributed by atoms with Crippen LogP contribution in [-0.2, 0) is 0 Å². The zero-order valence-electron chi connectivity index (χ0n) is 4.52. The van der Waals surface area contributed by atoms with Gasteiger partial charge in [0.15, 0.2) is 0 Å². The third kappa shape index (κ3) is 3.16.